The molecule has 0 amide bonds. The Bertz CT molecular complexity index is 315. The number of hydrogen-bond acceptors (Lipinski definition) is 3. The van der Waals surface area contributed by atoms with Gasteiger partial charge >= 0.3 is 0 Å². The van der Waals surface area contributed by atoms with E-state index in [4.69, 9.17) is 9.47 Å². The third kappa shape index (κ3) is 3.18. The molecule has 1 aliphatic heterocycles. The molecule has 82 valence electrons. The van der Waals surface area contributed by atoms with Gasteiger partial charge in [-0.05, 0) is 12.1 Å². The molecule has 0 spiro atoms. The Hall–Kier alpha value is -1.13. The zero-order valence-corrected chi connectivity index (χ0v) is 8.41. The minimum absolute atomic E-state index is 0.281. The molecule has 1 aromatic rings. The average Bonchev–Trinajstić information content (AvgIpc) is 2.15. The lowest BCUT2D eigenvalue weighted by Gasteiger charge is -2.26. The SMILES string of the molecule is Fc1cccc(OCCOC2CNC2)c1. The molecular weight excluding hydrogens is 197 g/mol. The molecule has 0 unspecified atom stereocenters. The Morgan fingerprint density at radius 2 is 2.20 bits per heavy atom. The molecule has 3 nitrogen and oxygen atoms in total. The Morgan fingerprint density at radius 1 is 1.33 bits per heavy atom. The van der Waals surface area contributed by atoms with Crippen LogP contribution >= 0.6 is 0 Å². The van der Waals surface area contributed by atoms with Gasteiger partial charge in [0.25, 0.3) is 0 Å². The normalized spacial score (nSPS) is 16.1. The number of nitrogens with one attached hydrogen (secondary N) is 1. The Labute approximate surface area is 88.2 Å². The molecule has 1 aliphatic rings. The summed E-state index contributed by atoms with van der Waals surface area (Å²) in [6, 6.07) is 6.11. The summed E-state index contributed by atoms with van der Waals surface area (Å²) in [5.74, 6) is 0.266. The number of benzene rings is 1. The Kier molecular flexibility index (Phi) is 3.53. The van der Waals surface area contributed by atoms with Crippen LogP contribution in [0.1, 0.15) is 0 Å². The smallest absolute Gasteiger partial charge is 0.126 e. The van der Waals surface area contributed by atoms with E-state index in [1.54, 1.807) is 12.1 Å². The largest absolute Gasteiger partial charge is 0.491 e. The van der Waals surface area contributed by atoms with Crippen LogP contribution in [0.4, 0.5) is 4.39 Å². The fourth-order valence-electron chi connectivity index (χ4n) is 1.31. The van der Waals surface area contributed by atoms with Gasteiger partial charge < -0.3 is 14.8 Å². The van der Waals surface area contributed by atoms with Crippen molar-refractivity contribution < 1.29 is 13.9 Å². The van der Waals surface area contributed by atoms with Gasteiger partial charge in [0.05, 0.1) is 12.7 Å². The van der Waals surface area contributed by atoms with Crippen molar-refractivity contribution in [2.24, 2.45) is 0 Å². The fraction of sp³-hybridized carbons (Fsp3) is 0.455. The van der Waals surface area contributed by atoms with Crippen molar-refractivity contribution in [2.75, 3.05) is 26.3 Å². The second-order valence-corrected chi connectivity index (χ2v) is 3.46. The van der Waals surface area contributed by atoms with Gasteiger partial charge in [-0.1, -0.05) is 6.07 Å². The maximum absolute atomic E-state index is 12.7. The summed E-state index contributed by atoms with van der Waals surface area (Å²) in [7, 11) is 0. The summed E-state index contributed by atoms with van der Waals surface area (Å²) in [5, 5.41) is 3.11. The van der Waals surface area contributed by atoms with Crippen molar-refractivity contribution in [3.05, 3.63) is 30.1 Å². The predicted octanol–water partition coefficient (Wildman–Crippen LogP) is 1.19. The van der Waals surface area contributed by atoms with Gasteiger partial charge in [0.2, 0.25) is 0 Å². The molecule has 1 heterocycles. The van der Waals surface area contributed by atoms with Crippen LogP contribution < -0.4 is 10.1 Å². The summed E-state index contributed by atoms with van der Waals surface area (Å²) >= 11 is 0. The minimum atomic E-state index is -0.281. The molecule has 0 radical (unpaired) electrons. The van der Waals surface area contributed by atoms with E-state index in [0.29, 0.717) is 25.1 Å². The fourth-order valence-corrected chi connectivity index (χ4v) is 1.31. The second kappa shape index (κ2) is 5.09. The van der Waals surface area contributed by atoms with Crippen LogP contribution in [0, 0.1) is 5.82 Å². The molecule has 2 rings (SSSR count). The summed E-state index contributed by atoms with van der Waals surface area (Å²) in [6.45, 7) is 2.84. The Balaban J connectivity index is 1.64. The van der Waals surface area contributed by atoms with Crippen molar-refractivity contribution in [3.63, 3.8) is 0 Å². The first-order valence-corrected chi connectivity index (χ1v) is 5.05. The zero-order chi connectivity index (χ0) is 10.5. The molecule has 4 heteroatoms. The number of rotatable bonds is 5. The van der Waals surface area contributed by atoms with Crippen LogP contribution in [0.2, 0.25) is 0 Å². The lowest BCUT2D eigenvalue weighted by atomic mass is 10.2. The summed E-state index contributed by atoms with van der Waals surface area (Å²) in [5.41, 5.74) is 0. The highest BCUT2D eigenvalue weighted by molar-refractivity contribution is 5.22. The van der Waals surface area contributed by atoms with Crippen molar-refractivity contribution in [1.29, 1.82) is 0 Å². The van der Waals surface area contributed by atoms with Crippen molar-refractivity contribution in [3.8, 4) is 5.75 Å². The highest BCUT2D eigenvalue weighted by Gasteiger charge is 2.16. The summed E-state index contributed by atoms with van der Waals surface area (Å²) < 4.78 is 23.5. The number of hydrogen-bond donors (Lipinski definition) is 1. The van der Waals surface area contributed by atoms with E-state index >= 15 is 0 Å². The van der Waals surface area contributed by atoms with Crippen molar-refractivity contribution in [1.82, 2.24) is 5.32 Å². The maximum atomic E-state index is 12.7. The third-order valence-corrected chi connectivity index (χ3v) is 2.25. The van der Waals surface area contributed by atoms with E-state index in [1.165, 1.54) is 12.1 Å². The van der Waals surface area contributed by atoms with Gasteiger partial charge in [0.15, 0.2) is 0 Å². The molecule has 0 aromatic heterocycles. The zero-order valence-electron chi connectivity index (χ0n) is 8.41. The van der Waals surface area contributed by atoms with Gasteiger partial charge in [0, 0.05) is 19.2 Å². The van der Waals surface area contributed by atoms with E-state index in [0.717, 1.165) is 13.1 Å². The van der Waals surface area contributed by atoms with Crippen LogP contribution in [0.25, 0.3) is 0 Å². The third-order valence-electron chi connectivity index (χ3n) is 2.25. The highest BCUT2D eigenvalue weighted by atomic mass is 19.1. The lowest BCUT2D eigenvalue weighted by molar-refractivity contribution is 0.00451. The van der Waals surface area contributed by atoms with Gasteiger partial charge in [0.1, 0.15) is 18.2 Å². The lowest BCUT2D eigenvalue weighted by Crippen LogP contribution is -2.48. The molecular formula is C11H14FNO2. The second-order valence-electron chi connectivity index (χ2n) is 3.46. The van der Waals surface area contributed by atoms with Crippen LogP contribution in [-0.2, 0) is 4.74 Å². The first-order chi connectivity index (χ1) is 7.34. The molecule has 1 N–H and O–H groups in total. The number of halogens is 1. The molecule has 15 heavy (non-hydrogen) atoms. The first kappa shape index (κ1) is 10.4. The van der Waals surface area contributed by atoms with Gasteiger partial charge in [-0.25, -0.2) is 4.39 Å². The predicted molar refractivity (Wildman–Crippen MR) is 54.5 cm³/mol. The quantitative estimate of drug-likeness (QED) is 0.742. The molecule has 0 aliphatic carbocycles. The molecule has 1 aromatic carbocycles. The first-order valence-electron chi connectivity index (χ1n) is 5.05. The van der Waals surface area contributed by atoms with E-state index in [9.17, 15) is 4.39 Å². The van der Waals surface area contributed by atoms with Gasteiger partial charge in [-0.3, -0.25) is 0 Å². The average molecular weight is 211 g/mol. The van der Waals surface area contributed by atoms with E-state index in [2.05, 4.69) is 5.32 Å². The molecule has 1 saturated heterocycles. The van der Waals surface area contributed by atoms with Crippen LogP contribution in [0.15, 0.2) is 24.3 Å². The van der Waals surface area contributed by atoms with Crippen LogP contribution in [0.3, 0.4) is 0 Å². The summed E-state index contributed by atoms with van der Waals surface area (Å²) in [4.78, 5) is 0. The Morgan fingerprint density at radius 3 is 2.87 bits per heavy atom. The standard InChI is InChI=1S/C11H14FNO2/c12-9-2-1-3-10(6-9)14-4-5-15-11-7-13-8-11/h1-3,6,11,13H,4-5,7-8H2. The molecule has 0 bridgehead atoms. The minimum Gasteiger partial charge on any atom is -0.491 e. The van der Waals surface area contributed by atoms with Crippen molar-refractivity contribution in [2.45, 2.75) is 6.10 Å². The summed E-state index contributed by atoms with van der Waals surface area (Å²) in [6.07, 6.45) is 0.320. The highest BCUT2D eigenvalue weighted by Crippen LogP contribution is 2.11. The molecule has 0 saturated carbocycles. The van der Waals surface area contributed by atoms with Gasteiger partial charge in [-0.2, -0.15) is 0 Å². The van der Waals surface area contributed by atoms with E-state index < -0.39 is 0 Å². The maximum Gasteiger partial charge on any atom is 0.126 e. The number of ether oxygens (including phenoxy) is 2. The van der Waals surface area contributed by atoms with Gasteiger partial charge in [-0.15, -0.1) is 0 Å². The van der Waals surface area contributed by atoms with E-state index in [-0.39, 0.29) is 5.82 Å². The topological polar surface area (TPSA) is 30.5 Å². The monoisotopic (exact) mass is 211 g/mol. The van der Waals surface area contributed by atoms with Crippen LogP contribution in [-0.4, -0.2) is 32.4 Å². The van der Waals surface area contributed by atoms with Crippen molar-refractivity contribution >= 4 is 0 Å². The van der Waals surface area contributed by atoms with E-state index in [1.807, 2.05) is 0 Å². The van der Waals surface area contributed by atoms with Crippen LogP contribution in [0.5, 0.6) is 5.75 Å². The molecule has 1 fully saturated rings. The molecule has 0 atom stereocenters.